The number of benzene rings is 1. The molecule has 100 valence electrons. The quantitative estimate of drug-likeness (QED) is 0.908. The molecule has 0 amide bonds. The van der Waals surface area contributed by atoms with Gasteiger partial charge in [0, 0.05) is 12.7 Å². The number of rotatable bonds is 4. The average Bonchev–Trinajstić information content (AvgIpc) is 2.46. The summed E-state index contributed by atoms with van der Waals surface area (Å²) in [5.74, 6) is 0. The molecule has 1 aromatic carbocycles. The number of aryl methyl sites for hydroxylation is 1. The number of hydrogen-bond acceptors (Lipinski definition) is 3. The molecule has 0 aliphatic heterocycles. The van der Waals surface area contributed by atoms with Crippen molar-refractivity contribution >= 4 is 11.4 Å². The highest BCUT2D eigenvalue weighted by Gasteiger charge is 2.09. The number of pyridine rings is 1. The minimum atomic E-state index is -0.474. The smallest absolute Gasteiger partial charge is 0.0957 e. The second-order valence-electron chi connectivity index (χ2n) is 4.71. The molecular formula is C16H20N2O. The summed E-state index contributed by atoms with van der Waals surface area (Å²) < 4.78 is 0. The molecule has 1 aromatic heterocycles. The van der Waals surface area contributed by atoms with Crippen LogP contribution in [-0.4, -0.2) is 17.1 Å². The van der Waals surface area contributed by atoms with E-state index in [-0.39, 0.29) is 0 Å². The van der Waals surface area contributed by atoms with Crippen molar-refractivity contribution in [3.8, 4) is 0 Å². The van der Waals surface area contributed by atoms with Crippen LogP contribution in [-0.2, 0) is 0 Å². The van der Waals surface area contributed by atoms with Crippen molar-refractivity contribution in [1.82, 2.24) is 4.98 Å². The van der Waals surface area contributed by atoms with Crippen LogP contribution in [0.15, 0.2) is 42.6 Å². The Balaban J connectivity index is 2.25. The highest BCUT2D eigenvalue weighted by molar-refractivity contribution is 5.64. The number of aromatic nitrogens is 1. The molecule has 1 heterocycles. The van der Waals surface area contributed by atoms with Crippen molar-refractivity contribution < 1.29 is 5.11 Å². The van der Waals surface area contributed by atoms with Crippen LogP contribution in [0.1, 0.15) is 30.7 Å². The number of aliphatic hydroxyl groups excluding tert-OH is 1. The van der Waals surface area contributed by atoms with E-state index >= 15 is 0 Å². The van der Waals surface area contributed by atoms with E-state index in [1.165, 1.54) is 5.56 Å². The molecule has 0 saturated heterocycles. The van der Waals surface area contributed by atoms with Gasteiger partial charge in [0.15, 0.2) is 0 Å². The lowest BCUT2D eigenvalue weighted by molar-refractivity contribution is 0.169. The first-order chi connectivity index (χ1) is 9.13. The summed E-state index contributed by atoms with van der Waals surface area (Å²) in [6.45, 7) is 4.04. The highest BCUT2D eigenvalue weighted by Crippen LogP contribution is 2.26. The van der Waals surface area contributed by atoms with Crippen molar-refractivity contribution in [2.75, 3.05) is 11.9 Å². The molecule has 0 aliphatic carbocycles. The fourth-order valence-electron chi connectivity index (χ4n) is 2.08. The number of nitrogens with zero attached hydrogens (tertiary/aromatic N) is 2. The molecule has 2 rings (SSSR count). The van der Waals surface area contributed by atoms with Gasteiger partial charge in [0.25, 0.3) is 0 Å². The van der Waals surface area contributed by atoms with Gasteiger partial charge in [-0.25, -0.2) is 0 Å². The predicted molar refractivity (Wildman–Crippen MR) is 78.7 cm³/mol. The topological polar surface area (TPSA) is 36.4 Å². The van der Waals surface area contributed by atoms with Crippen LogP contribution in [0.3, 0.4) is 0 Å². The maximum atomic E-state index is 9.74. The molecule has 2 aromatic rings. The average molecular weight is 256 g/mol. The van der Waals surface area contributed by atoms with E-state index in [2.05, 4.69) is 28.9 Å². The van der Waals surface area contributed by atoms with Gasteiger partial charge in [-0.2, -0.15) is 0 Å². The minimum Gasteiger partial charge on any atom is -0.387 e. The lowest BCUT2D eigenvalue weighted by Gasteiger charge is -2.21. The van der Waals surface area contributed by atoms with Gasteiger partial charge in [0.05, 0.1) is 23.7 Å². The zero-order valence-electron chi connectivity index (χ0n) is 11.7. The van der Waals surface area contributed by atoms with E-state index in [1.54, 1.807) is 6.20 Å². The van der Waals surface area contributed by atoms with Gasteiger partial charge < -0.3 is 10.0 Å². The Bertz CT molecular complexity index is 537. The fourth-order valence-corrected chi connectivity index (χ4v) is 2.08. The molecule has 1 atom stereocenters. The summed E-state index contributed by atoms with van der Waals surface area (Å²) in [5, 5.41) is 9.74. The van der Waals surface area contributed by atoms with E-state index in [0.717, 1.165) is 17.1 Å². The van der Waals surface area contributed by atoms with Gasteiger partial charge in [-0.05, 0) is 37.1 Å². The van der Waals surface area contributed by atoms with Gasteiger partial charge in [-0.15, -0.1) is 0 Å². The summed E-state index contributed by atoms with van der Waals surface area (Å²) in [6, 6.07) is 12.1. The SMILES string of the molecule is CCC(O)c1ccc(N(C)c2ccccc2C)cn1. The lowest BCUT2D eigenvalue weighted by Crippen LogP contribution is -2.11. The van der Waals surface area contributed by atoms with Crippen LogP contribution < -0.4 is 4.90 Å². The third-order valence-corrected chi connectivity index (χ3v) is 3.36. The van der Waals surface area contributed by atoms with Gasteiger partial charge in [0.2, 0.25) is 0 Å². The summed E-state index contributed by atoms with van der Waals surface area (Å²) in [5.41, 5.74) is 4.13. The normalized spacial score (nSPS) is 12.2. The Morgan fingerprint density at radius 1 is 1.21 bits per heavy atom. The van der Waals surface area contributed by atoms with Gasteiger partial charge in [-0.1, -0.05) is 25.1 Å². The van der Waals surface area contributed by atoms with E-state index in [1.807, 2.05) is 38.2 Å². The second-order valence-corrected chi connectivity index (χ2v) is 4.71. The van der Waals surface area contributed by atoms with Gasteiger partial charge >= 0.3 is 0 Å². The van der Waals surface area contributed by atoms with Crippen LogP contribution in [0.4, 0.5) is 11.4 Å². The van der Waals surface area contributed by atoms with Crippen LogP contribution in [0.25, 0.3) is 0 Å². The molecule has 0 saturated carbocycles. The van der Waals surface area contributed by atoms with E-state index < -0.39 is 6.10 Å². The first-order valence-electron chi connectivity index (χ1n) is 6.57. The molecule has 0 radical (unpaired) electrons. The summed E-state index contributed by atoms with van der Waals surface area (Å²) in [6.07, 6.45) is 2.01. The molecule has 0 spiro atoms. The van der Waals surface area contributed by atoms with Crippen molar-refractivity contribution in [3.63, 3.8) is 0 Å². The van der Waals surface area contributed by atoms with E-state index in [0.29, 0.717) is 6.42 Å². The standard InChI is InChI=1S/C16H20N2O/c1-4-16(19)14-10-9-13(11-17-14)18(3)15-8-6-5-7-12(15)2/h5-11,16,19H,4H2,1-3H3. The summed E-state index contributed by atoms with van der Waals surface area (Å²) in [7, 11) is 2.02. The zero-order valence-corrected chi connectivity index (χ0v) is 11.7. The summed E-state index contributed by atoms with van der Waals surface area (Å²) >= 11 is 0. The fraction of sp³-hybridized carbons (Fsp3) is 0.312. The van der Waals surface area contributed by atoms with E-state index in [9.17, 15) is 5.11 Å². The Morgan fingerprint density at radius 3 is 2.53 bits per heavy atom. The lowest BCUT2D eigenvalue weighted by atomic mass is 10.1. The van der Waals surface area contributed by atoms with Crippen LogP contribution in [0.2, 0.25) is 0 Å². The monoisotopic (exact) mass is 256 g/mol. The van der Waals surface area contributed by atoms with Gasteiger partial charge in [0.1, 0.15) is 0 Å². The Kier molecular flexibility index (Phi) is 4.17. The van der Waals surface area contributed by atoms with Crippen molar-refractivity contribution in [2.45, 2.75) is 26.4 Å². The zero-order chi connectivity index (χ0) is 13.8. The molecule has 19 heavy (non-hydrogen) atoms. The number of hydrogen-bond donors (Lipinski definition) is 1. The maximum absolute atomic E-state index is 9.74. The highest BCUT2D eigenvalue weighted by atomic mass is 16.3. The summed E-state index contributed by atoms with van der Waals surface area (Å²) in [4.78, 5) is 6.44. The molecule has 0 aliphatic rings. The molecule has 0 bridgehead atoms. The van der Waals surface area contributed by atoms with Crippen molar-refractivity contribution in [3.05, 3.63) is 53.9 Å². The van der Waals surface area contributed by atoms with Crippen molar-refractivity contribution in [1.29, 1.82) is 0 Å². The predicted octanol–water partition coefficient (Wildman–Crippen LogP) is 3.60. The molecule has 1 unspecified atom stereocenters. The molecule has 0 fully saturated rings. The first-order valence-corrected chi connectivity index (χ1v) is 6.57. The van der Waals surface area contributed by atoms with Gasteiger partial charge in [-0.3, -0.25) is 4.98 Å². The third-order valence-electron chi connectivity index (χ3n) is 3.36. The molecular weight excluding hydrogens is 236 g/mol. The third kappa shape index (κ3) is 2.93. The largest absolute Gasteiger partial charge is 0.387 e. The van der Waals surface area contributed by atoms with Crippen LogP contribution in [0.5, 0.6) is 0 Å². The number of para-hydroxylation sites is 1. The minimum absolute atomic E-state index is 0.474. The Morgan fingerprint density at radius 2 is 1.95 bits per heavy atom. The Hall–Kier alpha value is -1.87. The second kappa shape index (κ2) is 5.85. The first kappa shape index (κ1) is 13.6. The van der Waals surface area contributed by atoms with Crippen molar-refractivity contribution in [2.24, 2.45) is 0 Å². The number of aliphatic hydroxyl groups is 1. The maximum Gasteiger partial charge on any atom is 0.0957 e. The Labute approximate surface area is 114 Å². The molecule has 3 heteroatoms. The number of anilines is 2. The molecule has 3 nitrogen and oxygen atoms in total. The van der Waals surface area contributed by atoms with Crippen LogP contribution in [0, 0.1) is 6.92 Å². The van der Waals surface area contributed by atoms with Crippen LogP contribution >= 0.6 is 0 Å². The molecule has 1 N–H and O–H groups in total. The van der Waals surface area contributed by atoms with E-state index in [4.69, 9.17) is 0 Å².